The van der Waals surface area contributed by atoms with Gasteiger partial charge in [-0.05, 0) is 96.4 Å². The summed E-state index contributed by atoms with van der Waals surface area (Å²) in [5.41, 5.74) is 9.51. The van der Waals surface area contributed by atoms with Crippen molar-refractivity contribution in [1.82, 2.24) is 9.55 Å². The molecule has 236 valence electrons. The Morgan fingerprint density at radius 3 is 1.61 bits per heavy atom. The van der Waals surface area contributed by atoms with Crippen molar-refractivity contribution >= 4 is 56.1 Å². The fourth-order valence-corrected chi connectivity index (χ4v) is 6.50. The number of nitrogens with zero attached hydrogens (tertiary/aromatic N) is 4. The normalized spacial score (nSPS) is 11.4. The summed E-state index contributed by atoms with van der Waals surface area (Å²) < 4.78 is 2.29. The Labute approximate surface area is 288 Å². The molecular formula is C45H36N4. The van der Waals surface area contributed by atoms with E-state index in [0.29, 0.717) is 0 Å². The van der Waals surface area contributed by atoms with Gasteiger partial charge >= 0.3 is 0 Å². The zero-order chi connectivity index (χ0) is 33.4. The first kappa shape index (κ1) is 30.1. The van der Waals surface area contributed by atoms with Crippen LogP contribution < -0.4 is 9.80 Å². The number of pyridine rings is 1. The monoisotopic (exact) mass is 632 g/mol. The fourth-order valence-electron chi connectivity index (χ4n) is 6.50. The van der Waals surface area contributed by atoms with Crippen molar-refractivity contribution in [1.29, 1.82) is 0 Å². The van der Waals surface area contributed by atoms with E-state index >= 15 is 0 Å². The number of benzene rings is 5. The zero-order valence-corrected chi connectivity index (χ0v) is 27.9. The third kappa shape index (κ3) is 5.66. The fraction of sp³-hybridized carbons (Fsp3) is 0.0889. The van der Waals surface area contributed by atoms with Crippen molar-refractivity contribution in [3.8, 4) is 5.69 Å². The van der Waals surface area contributed by atoms with Gasteiger partial charge in [-0.2, -0.15) is 0 Å². The van der Waals surface area contributed by atoms with E-state index < -0.39 is 0 Å². The molecule has 2 aromatic heterocycles. The Bertz CT molecular complexity index is 2300. The second kappa shape index (κ2) is 12.4. The van der Waals surface area contributed by atoms with Crippen LogP contribution in [0.5, 0.6) is 0 Å². The minimum Gasteiger partial charge on any atom is -0.309 e. The van der Waals surface area contributed by atoms with E-state index in [2.05, 4.69) is 187 Å². The van der Waals surface area contributed by atoms with E-state index in [9.17, 15) is 0 Å². The third-order valence-electron chi connectivity index (χ3n) is 8.94. The van der Waals surface area contributed by atoms with Crippen LogP contribution in [0.3, 0.4) is 0 Å². The van der Waals surface area contributed by atoms with Crippen LogP contribution >= 0.6 is 0 Å². The predicted octanol–water partition coefficient (Wildman–Crippen LogP) is 12.0. The van der Waals surface area contributed by atoms with Crippen molar-refractivity contribution in [2.75, 3.05) is 9.80 Å². The third-order valence-corrected chi connectivity index (χ3v) is 8.94. The Balaban J connectivity index is 1.29. The van der Waals surface area contributed by atoms with Crippen molar-refractivity contribution < 1.29 is 0 Å². The van der Waals surface area contributed by atoms with E-state index in [1.807, 2.05) is 24.4 Å². The average Bonchev–Trinajstić information content (AvgIpc) is 3.47. The first-order chi connectivity index (χ1) is 24.0. The van der Waals surface area contributed by atoms with E-state index in [4.69, 9.17) is 4.98 Å². The van der Waals surface area contributed by atoms with Gasteiger partial charge in [0.1, 0.15) is 11.3 Å². The van der Waals surface area contributed by atoms with Gasteiger partial charge in [0.25, 0.3) is 0 Å². The van der Waals surface area contributed by atoms with Gasteiger partial charge in [-0.25, -0.2) is 4.98 Å². The van der Waals surface area contributed by atoms with Crippen LogP contribution in [0.25, 0.3) is 27.5 Å². The number of hydrogen-bond donors (Lipinski definition) is 0. The summed E-state index contributed by atoms with van der Waals surface area (Å²) in [6, 6.07) is 62.1. The molecule has 6 aromatic carbocycles. The van der Waals surface area contributed by atoms with Crippen LogP contribution in [0.2, 0.25) is 0 Å². The van der Waals surface area contributed by atoms with Gasteiger partial charge < -0.3 is 9.47 Å². The molecule has 0 N–H and O–H groups in total. The van der Waals surface area contributed by atoms with E-state index in [0.717, 1.165) is 67.3 Å². The Hall–Kier alpha value is -6.31. The molecule has 4 heteroatoms. The van der Waals surface area contributed by atoms with Crippen molar-refractivity contribution in [3.63, 3.8) is 0 Å². The van der Waals surface area contributed by atoms with Crippen LogP contribution in [0, 0.1) is 12.1 Å². The highest BCUT2D eigenvalue weighted by Crippen LogP contribution is 2.41. The van der Waals surface area contributed by atoms with Gasteiger partial charge in [0.05, 0.1) is 17.4 Å². The highest BCUT2D eigenvalue weighted by Gasteiger charge is 2.21. The van der Waals surface area contributed by atoms with Crippen LogP contribution in [0.1, 0.15) is 26.3 Å². The maximum Gasteiger partial charge on any atom is 0.137 e. The summed E-state index contributed by atoms with van der Waals surface area (Å²) in [5, 5.41) is 2.31. The van der Waals surface area contributed by atoms with Crippen LogP contribution in [0.4, 0.5) is 34.3 Å². The second-order valence-corrected chi connectivity index (χ2v) is 13.2. The van der Waals surface area contributed by atoms with Crippen molar-refractivity contribution in [2.45, 2.75) is 26.2 Å². The van der Waals surface area contributed by atoms with E-state index in [1.165, 1.54) is 0 Å². The van der Waals surface area contributed by atoms with Crippen LogP contribution in [-0.4, -0.2) is 9.55 Å². The maximum atomic E-state index is 5.11. The Kier molecular flexibility index (Phi) is 7.59. The molecule has 0 unspecified atom stereocenters. The Morgan fingerprint density at radius 2 is 1.06 bits per heavy atom. The standard InChI is InChI=1S/C45H36N4/c1-45(2,3)33-24-27-42-40(30-33)41-31-38(25-28-43(41)49(42)37-22-14-7-15-23-37)48(36-20-12-6-13-21-36)44-29-26-39(32-46-44)47(34-16-8-4-9-17-34)35-18-10-5-11-19-35/h4-23,25-26,28-32H,1-3H3. The first-order valence-electron chi connectivity index (χ1n) is 16.7. The molecule has 0 bridgehead atoms. The molecule has 0 saturated heterocycles. The van der Waals surface area contributed by atoms with Crippen molar-refractivity contribution in [3.05, 3.63) is 182 Å². The molecule has 8 aromatic rings. The van der Waals surface area contributed by atoms with Gasteiger partial charge in [-0.15, -0.1) is 0 Å². The van der Waals surface area contributed by atoms with Crippen molar-refractivity contribution in [2.24, 2.45) is 0 Å². The molecule has 0 radical (unpaired) electrons. The highest BCUT2D eigenvalue weighted by atomic mass is 15.2. The van der Waals surface area contributed by atoms with Gasteiger partial charge in [0.15, 0.2) is 0 Å². The number of rotatable bonds is 7. The molecule has 0 aliphatic carbocycles. The number of para-hydroxylation sites is 4. The molecule has 0 spiro atoms. The van der Waals surface area contributed by atoms with Crippen LogP contribution in [0.15, 0.2) is 164 Å². The lowest BCUT2D eigenvalue weighted by Gasteiger charge is -2.27. The molecule has 49 heavy (non-hydrogen) atoms. The molecule has 0 fully saturated rings. The summed E-state index contributed by atoms with van der Waals surface area (Å²) in [6.45, 7) is 6.68. The molecule has 4 nitrogen and oxygen atoms in total. The topological polar surface area (TPSA) is 24.3 Å². The summed E-state index contributed by atoms with van der Waals surface area (Å²) in [7, 11) is 0. The smallest absolute Gasteiger partial charge is 0.137 e. The van der Waals surface area contributed by atoms with Gasteiger partial charge in [-0.3, -0.25) is 4.90 Å². The van der Waals surface area contributed by atoms with E-state index in [1.54, 1.807) is 0 Å². The zero-order valence-electron chi connectivity index (χ0n) is 27.9. The molecular weight excluding hydrogens is 597 g/mol. The van der Waals surface area contributed by atoms with Gasteiger partial charge in [0.2, 0.25) is 0 Å². The van der Waals surface area contributed by atoms with Crippen LogP contribution in [-0.2, 0) is 5.41 Å². The summed E-state index contributed by atoms with van der Waals surface area (Å²) in [5.74, 6) is 0.831. The Morgan fingerprint density at radius 1 is 0.510 bits per heavy atom. The maximum absolute atomic E-state index is 5.11. The molecule has 0 aliphatic rings. The summed E-state index contributed by atoms with van der Waals surface area (Å²) in [4.78, 5) is 9.57. The minimum atomic E-state index is -0.0570. The summed E-state index contributed by atoms with van der Waals surface area (Å²) >= 11 is 0. The highest BCUT2D eigenvalue weighted by molar-refractivity contribution is 6.10. The SMILES string of the molecule is CC(C)(C)c1c#cc2c(c1)c1cc(N(c3ccccc3)c3ccc(N(c4ccccc4)c4ccccc4)cn3)ccc1n2-c1ccccc1. The number of fused-ring (bicyclic) bond motifs is 3. The molecule has 0 amide bonds. The molecule has 0 atom stereocenters. The number of aromatic nitrogens is 2. The molecule has 0 saturated carbocycles. The molecule has 0 aliphatic heterocycles. The number of hydrogen-bond acceptors (Lipinski definition) is 3. The largest absolute Gasteiger partial charge is 0.309 e. The average molecular weight is 633 g/mol. The predicted molar refractivity (Wildman–Crippen MR) is 204 cm³/mol. The van der Waals surface area contributed by atoms with Gasteiger partial charge in [-0.1, -0.05) is 99.6 Å². The quantitative estimate of drug-likeness (QED) is 0.175. The lowest BCUT2D eigenvalue weighted by Crippen LogP contribution is -2.13. The number of anilines is 6. The lowest BCUT2D eigenvalue weighted by molar-refractivity contribution is 0.591. The first-order valence-corrected chi connectivity index (χ1v) is 16.7. The summed E-state index contributed by atoms with van der Waals surface area (Å²) in [6.07, 6.45) is 1.96. The molecule has 8 rings (SSSR count). The minimum absolute atomic E-state index is 0.0570. The lowest BCUT2D eigenvalue weighted by atomic mass is 9.87. The second-order valence-electron chi connectivity index (χ2n) is 13.2. The van der Waals surface area contributed by atoms with E-state index in [-0.39, 0.29) is 5.41 Å². The molecule has 2 heterocycles. The van der Waals surface area contributed by atoms with Gasteiger partial charge in [0, 0.05) is 44.8 Å².